The van der Waals surface area contributed by atoms with E-state index in [2.05, 4.69) is 10.3 Å². The lowest BCUT2D eigenvalue weighted by atomic mass is 10.4. The van der Waals surface area contributed by atoms with Crippen LogP contribution in [0.1, 0.15) is 6.42 Å². The van der Waals surface area contributed by atoms with Gasteiger partial charge < -0.3 is 15.0 Å². The van der Waals surface area contributed by atoms with Gasteiger partial charge in [0.05, 0.1) is 0 Å². The molecular weight excluding hydrogens is 142 g/mol. The van der Waals surface area contributed by atoms with E-state index in [9.17, 15) is 0 Å². The van der Waals surface area contributed by atoms with Crippen LogP contribution in [0.5, 0.6) is 0 Å². The standard InChI is InChI=1S/C7H13N3O/c1-10-5-4-9-7(10)8-3-2-6-11/h4-5,11H,2-3,6H2,1H3,(H,8,9). The molecule has 1 aromatic rings. The summed E-state index contributed by atoms with van der Waals surface area (Å²) in [6.07, 6.45) is 4.37. The predicted molar refractivity (Wildman–Crippen MR) is 43.4 cm³/mol. The number of nitrogens with one attached hydrogen (secondary N) is 1. The highest BCUT2D eigenvalue weighted by atomic mass is 16.3. The van der Waals surface area contributed by atoms with E-state index in [0.29, 0.717) is 0 Å². The van der Waals surface area contributed by atoms with Crippen molar-refractivity contribution in [3.63, 3.8) is 0 Å². The molecule has 0 amide bonds. The first-order valence-electron chi connectivity index (χ1n) is 3.66. The molecule has 0 aromatic carbocycles. The third kappa shape index (κ3) is 2.23. The van der Waals surface area contributed by atoms with Crippen LogP contribution in [0, 0.1) is 0 Å². The third-order valence-corrected chi connectivity index (χ3v) is 1.44. The maximum atomic E-state index is 8.50. The Morgan fingerprint density at radius 2 is 2.55 bits per heavy atom. The normalized spacial score (nSPS) is 10.0. The number of nitrogens with zero attached hydrogens (tertiary/aromatic N) is 2. The molecule has 11 heavy (non-hydrogen) atoms. The summed E-state index contributed by atoms with van der Waals surface area (Å²) in [7, 11) is 1.92. The number of hydrogen-bond acceptors (Lipinski definition) is 3. The van der Waals surface area contributed by atoms with Crippen molar-refractivity contribution in [2.24, 2.45) is 7.05 Å². The Morgan fingerprint density at radius 3 is 3.09 bits per heavy atom. The minimum Gasteiger partial charge on any atom is -0.396 e. The molecule has 0 aliphatic carbocycles. The molecule has 0 radical (unpaired) electrons. The van der Waals surface area contributed by atoms with Crippen molar-refractivity contribution >= 4 is 5.95 Å². The Kier molecular flexibility index (Phi) is 2.92. The molecule has 0 atom stereocenters. The average Bonchev–Trinajstić information content (AvgIpc) is 2.37. The van der Waals surface area contributed by atoms with Gasteiger partial charge in [-0.15, -0.1) is 0 Å². The van der Waals surface area contributed by atoms with Gasteiger partial charge in [-0.3, -0.25) is 0 Å². The summed E-state index contributed by atoms with van der Waals surface area (Å²) >= 11 is 0. The van der Waals surface area contributed by atoms with Gasteiger partial charge in [0.1, 0.15) is 0 Å². The third-order valence-electron chi connectivity index (χ3n) is 1.44. The van der Waals surface area contributed by atoms with Gasteiger partial charge in [-0.2, -0.15) is 0 Å². The molecule has 1 rings (SSSR count). The van der Waals surface area contributed by atoms with Gasteiger partial charge in [-0.05, 0) is 6.42 Å². The molecule has 1 aromatic heterocycles. The smallest absolute Gasteiger partial charge is 0.202 e. The Morgan fingerprint density at radius 1 is 1.73 bits per heavy atom. The highest BCUT2D eigenvalue weighted by Crippen LogP contribution is 1.99. The number of imidazole rings is 1. The minimum absolute atomic E-state index is 0.220. The van der Waals surface area contributed by atoms with Crippen molar-refractivity contribution in [2.75, 3.05) is 18.5 Å². The van der Waals surface area contributed by atoms with Crippen LogP contribution >= 0.6 is 0 Å². The van der Waals surface area contributed by atoms with E-state index in [1.165, 1.54) is 0 Å². The second-order valence-electron chi connectivity index (χ2n) is 2.37. The zero-order valence-corrected chi connectivity index (χ0v) is 6.62. The van der Waals surface area contributed by atoms with Gasteiger partial charge in [0.2, 0.25) is 5.95 Å². The van der Waals surface area contributed by atoms with Crippen molar-refractivity contribution < 1.29 is 5.11 Å². The minimum atomic E-state index is 0.220. The summed E-state index contributed by atoms with van der Waals surface area (Å²) in [5, 5.41) is 11.6. The molecular formula is C7H13N3O. The molecule has 4 nitrogen and oxygen atoms in total. The summed E-state index contributed by atoms with van der Waals surface area (Å²) in [6, 6.07) is 0. The molecule has 0 aliphatic heterocycles. The van der Waals surface area contributed by atoms with Crippen molar-refractivity contribution in [3.8, 4) is 0 Å². The fourth-order valence-electron chi connectivity index (χ4n) is 0.815. The van der Waals surface area contributed by atoms with E-state index in [-0.39, 0.29) is 6.61 Å². The summed E-state index contributed by atoms with van der Waals surface area (Å²) < 4.78 is 1.90. The molecule has 62 valence electrons. The zero-order chi connectivity index (χ0) is 8.10. The van der Waals surface area contributed by atoms with Gasteiger partial charge >= 0.3 is 0 Å². The first kappa shape index (κ1) is 8.07. The number of aliphatic hydroxyl groups excluding tert-OH is 1. The lowest BCUT2D eigenvalue weighted by Crippen LogP contribution is -2.07. The predicted octanol–water partition coefficient (Wildman–Crippen LogP) is 0.214. The van der Waals surface area contributed by atoms with Gasteiger partial charge in [-0.1, -0.05) is 0 Å². The van der Waals surface area contributed by atoms with E-state index >= 15 is 0 Å². The van der Waals surface area contributed by atoms with Crippen molar-refractivity contribution in [1.82, 2.24) is 9.55 Å². The molecule has 0 unspecified atom stereocenters. The molecule has 0 saturated heterocycles. The van der Waals surface area contributed by atoms with Crippen LogP contribution in [0.4, 0.5) is 5.95 Å². The van der Waals surface area contributed by atoms with Crippen LogP contribution in [0.3, 0.4) is 0 Å². The van der Waals surface area contributed by atoms with Crippen molar-refractivity contribution in [3.05, 3.63) is 12.4 Å². The first-order chi connectivity index (χ1) is 5.34. The Labute approximate surface area is 65.9 Å². The summed E-state index contributed by atoms with van der Waals surface area (Å²) in [4.78, 5) is 4.06. The SMILES string of the molecule is Cn1ccnc1NCCCO. The monoisotopic (exact) mass is 155 g/mol. The van der Waals surface area contributed by atoms with E-state index in [0.717, 1.165) is 18.9 Å². The number of hydrogen-bond donors (Lipinski definition) is 2. The van der Waals surface area contributed by atoms with Crippen LogP contribution in [0.15, 0.2) is 12.4 Å². The molecule has 4 heteroatoms. The Bertz CT molecular complexity index is 209. The number of aromatic nitrogens is 2. The lowest BCUT2D eigenvalue weighted by Gasteiger charge is -2.03. The molecule has 0 saturated carbocycles. The van der Waals surface area contributed by atoms with Gasteiger partial charge in [0.25, 0.3) is 0 Å². The van der Waals surface area contributed by atoms with Gasteiger partial charge in [-0.25, -0.2) is 4.98 Å². The second kappa shape index (κ2) is 3.98. The first-order valence-corrected chi connectivity index (χ1v) is 3.66. The Balaban J connectivity index is 2.32. The zero-order valence-electron chi connectivity index (χ0n) is 6.62. The molecule has 2 N–H and O–H groups in total. The highest BCUT2D eigenvalue weighted by Gasteiger charge is 1.94. The van der Waals surface area contributed by atoms with Crippen LogP contribution in [-0.4, -0.2) is 27.8 Å². The van der Waals surface area contributed by atoms with E-state index in [1.54, 1.807) is 6.20 Å². The summed E-state index contributed by atoms with van der Waals surface area (Å²) in [5.74, 6) is 0.846. The fourth-order valence-corrected chi connectivity index (χ4v) is 0.815. The number of rotatable bonds is 4. The Hall–Kier alpha value is -1.03. The molecule has 0 bridgehead atoms. The number of aryl methyl sites for hydroxylation is 1. The number of anilines is 1. The quantitative estimate of drug-likeness (QED) is 0.611. The summed E-state index contributed by atoms with van der Waals surface area (Å²) in [5.41, 5.74) is 0. The fraction of sp³-hybridized carbons (Fsp3) is 0.571. The summed E-state index contributed by atoms with van der Waals surface area (Å²) in [6.45, 7) is 0.985. The van der Waals surface area contributed by atoms with E-state index < -0.39 is 0 Å². The largest absolute Gasteiger partial charge is 0.396 e. The van der Waals surface area contributed by atoms with Crippen LogP contribution in [-0.2, 0) is 7.05 Å². The van der Waals surface area contributed by atoms with E-state index in [1.807, 2.05) is 17.8 Å². The van der Waals surface area contributed by atoms with Gasteiger partial charge in [0, 0.05) is 32.6 Å². The molecule has 0 spiro atoms. The van der Waals surface area contributed by atoms with Crippen molar-refractivity contribution in [1.29, 1.82) is 0 Å². The molecule has 0 aliphatic rings. The maximum absolute atomic E-state index is 8.50. The topological polar surface area (TPSA) is 50.1 Å². The highest BCUT2D eigenvalue weighted by molar-refractivity contribution is 5.24. The second-order valence-corrected chi connectivity index (χ2v) is 2.37. The van der Waals surface area contributed by atoms with Crippen LogP contribution < -0.4 is 5.32 Å². The molecule has 0 fully saturated rings. The van der Waals surface area contributed by atoms with Crippen LogP contribution in [0.2, 0.25) is 0 Å². The van der Waals surface area contributed by atoms with Crippen LogP contribution in [0.25, 0.3) is 0 Å². The maximum Gasteiger partial charge on any atom is 0.202 e. The van der Waals surface area contributed by atoms with Gasteiger partial charge in [0.15, 0.2) is 0 Å². The molecule has 1 heterocycles. The lowest BCUT2D eigenvalue weighted by molar-refractivity contribution is 0.292. The van der Waals surface area contributed by atoms with E-state index in [4.69, 9.17) is 5.11 Å². The number of aliphatic hydroxyl groups is 1. The average molecular weight is 155 g/mol. The van der Waals surface area contributed by atoms with Crippen molar-refractivity contribution in [2.45, 2.75) is 6.42 Å².